The van der Waals surface area contributed by atoms with Gasteiger partial charge in [0.25, 0.3) is 0 Å². The van der Waals surface area contributed by atoms with Crippen molar-refractivity contribution in [1.29, 1.82) is 0 Å². The first kappa shape index (κ1) is 16.5. The molecule has 0 saturated heterocycles. The Morgan fingerprint density at radius 1 is 1.40 bits per heavy atom. The molecule has 0 amide bonds. The molecule has 3 N–H and O–H groups in total. The van der Waals surface area contributed by atoms with Crippen molar-refractivity contribution in [1.82, 2.24) is 4.72 Å². The zero-order valence-corrected chi connectivity index (χ0v) is 12.6. The summed E-state index contributed by atoms with van der Waals surface area (Å²) in [7, 11) is -2.12. The molecule has 0 aromatic heterocycles. The number of carbonyl (C=O) groups is 1. The molecular formula is C13H20N2O4S. The van der Waals surface area contributed by atoms with Crippen LogP contribution in [-0.4, -0.2) is 32.6 Å². The maximum absolute atomic E-state index is 12.2. The Labute approximate surface area is 119 Å². The summed E-state index contributed by atoms with van der Waals surface area (Å²) in [6.45, 7) is 3.75. The first-order valence-electron chi connectivity index (χ1n) is 6.39. The molecule has 0 spiro atoms. The average Bonchev–Trinajstić information content (AvgIpc) is 2.37. The van der Waals surface area contributed by atoms with Crippen molar-refractivity contribution < 1.29 is 18.3 Å². The van der Waals surface area contributed by atoms with Gasteiger partial charge in [-0.2, -0.15) is 0 Å². The van der Waals surface area contributed by atoms with Gasteiger partial charge in [0, 0.05) is 18.8 Å². The van der Waals surface area contributed by atoms with E-state index in [4.69, 9.17) is 5.11 Å². The summed E-state index contributed by atoms with van der Waals surface area (Å²) < 4.78 is 26.9. The number of carboxylic acid groups (broad SMARTS) is 1. The van der Waals surface area contributed by atoms with Crippen LogP contribution in [0, 0.1) is 0 Å². The predicted octanol–water partition coefficient (Wildman–Crippen LogP) is 1.89. The summed E-state index contributed by atoms with van der Waals surface area (Å²) in [4.78, 5) is 11.1. The van der Waals surface area contributed by atoms with E-state index in [1.807, 2.05) is 6.92 Å². The molecule has 0 bridgehead atoms. The van der Waals surface area contributed by atoms with Crippen molar-refractivity contribution in [2.24, 2.45) is 0 Å². The second-order valence-electron chi connectivity index (χ2n) is 4.57. The number of hydrogen-bond acceptors (Lipinski definition) is 4. The topological polar surface area (TPSA) is 95.5 Å². The van der Waals surface area contributed by atoms with Crippen LogP contribution in [0.3, 0.4) is 0 Å². The van der Waals surface area contributed by atoms with Crippen LogP contribution in [0.1, 0.15) is 37.0 Å². The molecule has 0 fully saturated rings. The number of nitrogens with one attached hydrogen (secondary N) is 2. The van der Waals surface area contributed by atoms with E-state index in [2.05, 4.69) is 10.0 Å². The van der Waals surface area contributed by atoms with Crippen LogP contribution in [0.2, 0.25) is 0 Å². The monoisotopic (exact) mass is 300 g/mol. The van der Waals surface area contributed by atoms with E-state index in [0.717, 1.165) is 18.9 Å². The zero-order chi connectivity index (χ0) is 15.3. The van der Waals surface area contributed by atoms with Crippen molar-refractivity contribution in [2.75, 3.05) is 12.4 Å². The number of rotatable bonds is 7. The first-order valence-corrected chi connectivity index (χ1v) is 7.87. The van der Waals surface area contributed by atoms with E-state index in [9.17, 15) is 13.2 Å². The Bertz CT molecular complexity index is 584. The molecule has 0 aliphatic heterocycles. The summed E-state index contributed by atoms with van der Waals surface area (Å²) in [5.74, 6) is -1.17. The molecule has 0 aliphatic carbocycles. The maximum atomic E-state index is 12.2. The maximum Gasteiger partial charge on any atom is 0.337 e. The Morgan fingerprint density at radius 3 is 2.55 bits per heavy atom. The van der Waals surface area contributed by atoms with Gasteiger partial charge in [0.05, 0.1) is 10.5 Å². The summed E-state index contributed by atoms with van der Waals surface area (Å²) in [6, 6.07) is 3.80. The summed E-state index contributed by atoms with van der Waals surface area (Å²) in [6.07, 6.45) is 1.59. The first-order chi connectivity index (χ1) is 9.31. The number of anilines is 1. The SMILES string of the molecule is CCCC(C)NS(=O)(=O)c1ccc(NC)c(C(=O)O)c1. The normalized spacial score (nSPS) is 12.9. The van der Waals surface area contributed by atoms with E-state index >= 15 is 0 Å². The third-order valence-electron chi connectivity index (χ3n) is 2.88. The van der Waals surface area contributed by atoms with Gasteiger partial charge in [-0.3, -0.25) is 0 Å². The largest absolute Gasteiger partial charge is 0.478 e. The molecule has 1 unspecified atom stereocenters. The summed E-state index contributed by atoms with van der Waals surface area (Å²) >= 11 is 0. The van der Waals surface area contributed by atoms with E-state index in [0.29, 0.717) is 5.69 Å². The van der Waals surface area contributed by atoms with Gasteiger partial charge in [0.1, 0.15) is 0 Å². The third kappa shape index (κ3) is 3.94. The lowest BCUT2D eigenvalue weighted by Gasteiger charge is -2.14. The quantitative estimate of drug-likeness (QED) is 0.714. The molecule has 7 heteroatoms. The second kappa shape index (κ2) is 6.71. The minimum atomic E-state index is -3.70. The minimum absolute atomic E-state index is 0.0446. The van der Waals surface area contributed by atoms with Crippen LogP contribution in [0.25, 0.3) is 0 Å². The molecule has 112 valence electrons. The Kier molecular flexibility index (Phi) is 5.52. The average molecular weight is 300 g/mol. The number of sulfonamides is 1. The molecule has 6 nitrogen and oxygen atoms in total. The van der Waals surface area contributed by atoms with E-state index in [1.54, 1.807) is 14.0 Å². The molecule has 0 heterocycles. The zero-order valence-electron chi connectivity index (χ0n) is 11.8. The molecule has 0 radical (unpaired) electrons. The van der Waals surface area contributed by atoms with Crippen molar-refractivity contribution >= 4 is 21.7 Å². The number of benzene rings is 1. The third-order valence-corrected chi connectivity index (χ3v) is 4.47. The van der Waals surface area contributed by atoms with E-state index in [1.165, 1.54) is 12.1 Å². The lowest BCUT2D eigenvalue weighted by molar-refractivity contribution is 0.0697. The van der Waals surface area contributed by atoms with Crippen molar-refractivity contribution in [3.8, 4) is 0 Å². The van der Waals surface area contributed by atoms with Gasteiger partial charge in [0.2, 0.25) is 10.0 Å². The number of aromatic carboxylic acids is 1. The van der Waals surface area contributed by atoms with Crippen molar-refractivity contribution in [3.05, 3.63) is 23.8 Å². The Balaban J connectivity index is 3.13. The Hall–Kier alpha value is -1.60. The highest BCUT2D eigenvalue weighted by Crippen LogP contribution is 2.20. The Morgan fingerprint density at radius 2 is 2.05 bits per heavy atom. The number of hydrogen-bond donors (Lipinski definition) is 3. The second-order valence-corrected chi connectivity index (χ2v) is 6.29. The predicted molar refractivity (Wildman–Crippen MR) is 77.6 cm³/mol. The molecule has 1 rings (SSSR count). The van der Waals surface area contributed by atoms with Crippen LogP contribution >= 0.6 is 0 Å². The van der Waals surface area contributed by atoms with Gasteiger partial charge in [0.15, 0.2) is 0 Å². The van der Waals surface area contributed by atoms with Crippen LogP contribution in [0.15, 0.2) is 23.1 Å². The van der Waals surface area contributed by atoms with Crippen molar-refractivity contribution in [2.45, 2.75) is 37.6 Å². The molecule has 1 atom stereocenters. The highest BCUT2D eigenvalue weighted by molar-refractivity contribution is 7.89. The minimum Gasteiger partial charge on any atom is -0.478 e. The number of carboxylic acids is 1. The lowest BCUT2D eigenvalue weighted by Crippen LogP contribution is -2.32. The highest BCUT2D eigenvalue weighted by Gasteiger charge is 2.20. The molecule has 1 aromatic rings. The van der Waals surface area contributed by atoms with Crippen LogP contribution in [0.5, 0.6) is 0 Å². The van der Waals surface area contributed by atoms with Gasteiger partial charge < -0.3 is 10.4 Å². The van der Waals surface area contributed by atoms with E-state index < -0.39 is 16.0 Å². The van der Waals surface area contributed by atoms with Gasteiger partial charge in [-0.05, 0) is 31.5 Å². The summed E-state index contributed by atoms with van der Waals surface area (Å²) in [5.41, 5.74) is 0.302. The molecule has 1 aromatic carbocycles. The molecular weight excluding hydrogens is 280 g/mol. The van der Waals surface area contributed by atoms with Gasteiger partial charge in [-0.25, -0.2) is 17.9 Å². The van der Waals surface area contributed by atoms with E-state index in [-0.39, 0.29) is 16.5 Å². The molecule has 20 heavy (non-hydrogen) atoms. The molecule has 0 aliphatic rings. The fraction of sp³-hybridized carbons (Fsp3) is 0.462. The van der Waals surface area contributed by atoms with Gasteiger partial charge >= 0.3 is 5.97 Å². The fourth-order valence-corrected chi connectivity index (χ4v) is 3.21. The van der Waals surface area contributed by atoms with Gasteiger partial charge in [-0.15, -0.1) is 0 Å². The molecule has 0 saturated carbocycles. The highest BCUT2D eigenvalue weighted by atomic mass is 32.2. The lowest BCUT2D eigenvalue weighted by atomic mass is 10.2. The van der Waals surface area contributed by atoms with Crippen LogP contribution < -0.4 is 10.0 Å². The van der Waals surface area contributed by atoms with Crippen molar-refractivity contribution in [3.63, 3.8) is 0 Å². The standard InChI is InChI=1S/C13H20N2O4S/c1-4-5-9(2)15-20(18,19)10-6-7-12(14-3)11(8-10)13(16)17/h6-9,14-15H,4-5H2,1-3H3,(H,16,17). The van der Waals surface area contributed by atoms with Crippen LogP contribution in [-0.2, 0) is 10.0 Å². The van der Waals surface area contributed by atoms with Gasteiger partial charge in [-0.1, -0.05) is 13.3 Å². The summed E-state index contributed by atoms with van der Waals surface area (Å²) in [5, 5.41) is 11.8. The fourth-order valence-electron chi connectivity index (χ4n) is 1.91. The van der Waals surface area contributed by atoms with Crippen LogP contribution in [0.4, 0.5) is 5.69 Å². The smallest absolute Gasteiger partial charge is 0.337 e.